The number of fused-ring (bicyclic) bond motifs is 1. The summed E-state index contributed by atoms with van der Waals surface area (Å²) in [5.41, 5.74) is 3.44. The van der Waals surface area contributed by atoms with Gasteiger partial charge in [0.05, 0.1) is 16.6 Å². The topological polar surface area (TPSA) is 70.5 Å². The SMILES string of the molecule is CN(c1ccc(-c2ccccc2C(=O)O)cc1)c1cccc(-c2c(C(=O)c3ccccc3)cnc3c(C(F)(F)F)cccc23)c1. The summed E-state index contributed by atoms with van der Waals surface area (Å²) in [5.74, 6) is -1.37. The molecule has 0 spiro atoms. The van der Waals surface area contributed by atoms with Crippen LogP contribution in [0.2, 0.25) is 0 Å². The van der Waals surface area contributed by atoms with Crippen molar-refractivity contribution in [2.75, 3.05) is 11.9 Å². The highest BCUT2D eigenvalue weighted by Gasteiger charge is 2.34. The number of carboxylic acid groups (broad SMARTS) is 1. The van der Waals surface area contributed by atoms with Crippen molar-refractivity contribution in [3.63, 3.8) is 0 Å². The van der Waals surface area contributed by atoms with Crippen LogP contribution in [0.1, 0.15) is 31.8 Å². The third kappa shape index (κ3) is 5.65. The molecular formula is C37H25F3N2O3. The summed E-state index contributed by atoms with van der Waals surface area (Å²) < 4.78 is 42.0. The lowest BCUT2D eigenvalue weighted by Crippen LogP contribution is -2.11. The van der Waals surface area contributed by atoms with E-state index >= 15 is 0 Å². The van der Waals surface area contributed by atoms with Crippen LogP contribution in [0.4, 0.5) is 24.5 Å². The molecular weight excluding hydrogens is 577 g/mol. The molecule has 0 saturated carbocycles. The van der Waals surface area contributed by atoms with Gasteiger partial charge in [0.2, 0.25) is 0 Å². The summed E-state index contributed by atoms with van der Waals surface area (Å²) >= 11 is 0. The fourth-order valence-electron chi connectivity index (χ4n) is 5.49. The van der Waals surface area contributed by atoms with E-state index in [2.05, 4.69) is 4.98 Å². The van der Waals surface area contributed by atoms with Gasteiger partial charge in [-0.25, -0.2) is 4.79 Å². The van der Waals surface area contributed by atoms with Gasteiger partial charge in [-0.1, -0.05) is 84.9 Å². The lowest BCUT2D eigenvalue weighted by atomic mass is 9.91. The maximum absolute atomic E-state index is 14.0. The Morgan fingerprint density at radius 3 is 2.11 bits per heavy atom. The number of ketones is 1. The number of hydrogen-bond acceptors (Lipinski definition) is 4. The molecule has 0 amide bonds. The van der Waals surface area contributed by atoms with Gasteiger partial charge in [-0.15, -0.1) is 0 Å². The number of nitrogens with zero attached hydrogens (tertiary/aromatic N) is 2. The van der Waals surface area contributed by atoms with Crippen molar-refractivity contribution in [2.45, 2.75) is 6.18 Å². The monoisotopic (exact) mass is 602 g/mol. The molecule has 8 heteroatoms. The Morgan fingerprint density at radius 2 is 1.40 bits per heavy atom. The lowest BCUT2D eigenvalue weighted by Gasteiger charge is -2.22. The quantitative estimate of drug-likeness (QED) is 0.185. The van der Waals surface area contributed by atoms with Gasteiger partial charge in [0.25, 0.3) is 0 Å². The highest BCUT2D eigenvalue weighted by atomic mass is 19.4. The third-order valence-electron chi connectivity index (χ3n) is 7.73. The van der Waals surface area contributed by atoms with E-state index < -0.39 is 17.7 Å². The fraction of sp³-hybridized carbons (Fsp3) is 0.0541. The first-order chi connectivity index (χ1) is 21.6. The minimum Gasteiger partial charge on any atom is -0.478 e. The number of anilines is 2. The average Bonchev–Trinajstić information content (AvgIpc) is 3.07. The molecule has 0 aliphatic carbocycles. The Hall–Kier alpha value is -5.76. The Kier molecular flexibility index (Phi) is 7.64. The number of aromatic nitrogens is 1. The van der Waals surface area contributed by atoms with Crippen molar-refractivity contribution in [1.29, 1.82) is 0 Å². The van der Waals surface area contributed by atoms with Gasteiger partial charge < -0.3 is 10.0 Å². The zero-order chi connectivity index (χ0) is 31.7. The molecule has 0 atom stereocenters. The first-order valence-corrected chi connectivity index (χ1v) is 14.0. The van der Waals surface area contributed by atoms with Crippen LogP contribution in [-0.2, 0) is 6.18 Å². The second-order valence-corrected chi connectivity index (χ2v) is 10.4. The molecule has 6 rings (SSSR count). The third-order valence-corrected chi connectivity index (χ3v) is 7.73. The number of carbonyl (C=O) groups excluding carboxylic acids is 1. The second-order valence-electron chi connectivity index (χ2n) is 10.4. The Balaban J connectivity index is 1.45. The van der Waals surface area contributed by atoms with E-state index in [0.29, 0.717) is 22.3 Å². The summed E-state index contributed by atoms with van der Waals surface area (Å²) in [4.78, 5) is 31.5. The van der Waals surface area contributed by atoms with Gasteiger partial charge in [-0.05, 0) is 53.1 Å². The van der Waals surface area contributed by atoms with Crippen LogP contribution in [0.15, 0.2) is 128 Å². The lowest BCUT2D eigenvalue weighted by molar-refractivity contribution is -0.136. The molecule has 1 heterocycles. The van der Waals surface area contributed by atoms with Crippen LogP contribution < -0.4 is 4.90 Å². The molecule has 5 aromatic carbocycles. The molecule has 1 N–H and O–H groups in total. The number of para-hydroxylation sites is 1. The van der Waals surface area contributed by atoms with Gasteiger partial charge in [0, 0.05) is 46.7 Å². The van der Waals surface area contributed by atoms with E-state index in [1.54, 1.807) is 72.8 Å². The van der Waals surface area contributed by atoms with Crippen LogP contribution in [0, 0.1) is 0 Å². The van der Waals surface area contributed by atoms with E-state index in [0.717, 1.165) is 23.0 Å². The normalized spacial score (nSPS) is 11.4. The fourth-order valence-corrected chi connectivity index (χ4v) is 5.49. The maximum Gasteiger partial charge on any atom is 0.418 e. The van der Waals surface area contributed by atoms with Crippen molar-refractivity contribution < 1.29 is 27.9 Å². The van der Waals surface area contributed by atoms with Crippen molar-refractivity contribution >= 4 is 34.0 Å². The molecule has 0 bridgehead atoms. The number of benzene rings is 5. The van der Waals surface area contributed by atoms with E-state index in [-0.39, 0.29) is 27.8 Å². The van der Waals surface area contributed by atoms with Crippen molar-refractivity contribution in [3.8, 4) is 22.3 Å². The largest absolute Gasteiger partial charge is 0.478 e. The number of rotatable bonds is 7. The van der Waals surface area contributed by atoms with Gasteiger partial charge in [0.1, 0.15) is 0 Å². The van der Waals surface area contributed by atoms with Crippen molar-refractivity contribution in [2.24, 2.45) is 0 Å². The molecule has 0 aliphatic rings. The first-order valence-electron chi connectivity index (χ1n) is 14.0. The highest BCUT2D eigenvalue weighted by molar-refractivity contribution is 6.17. The standard InChI is InChI=1S/C37H25F3N2O3/c1-42(26-19-17-23(18-20-26)28-13-5-6-14-29(28)36(44)45)27-12-7-11-25(21-27)33-30-15-8-16-32(37(38,39)40)34(30)41-22-31(33)35(43)24-9-3-2-4-10-24/h2-22H,1H3,(H,44,45). The predicted molar refractivity (Wildman–Crippen MR) is 169 cm³/mol. The maximum atomic E-state index is 14.0. The molecule has 0 unspecified atom stereocenters. The van der Waals surface area contributed by atoms with E-state index in [1.165, 1.54) is 12.3 Å². The number of aromatic carboxylic acids is 1. The van der Waals surface area contributed by atoms with Crippen LogP contribution in [0.5, 0.6) is 0 Å². The zero-order valence-electron chi connectivity index (χ0n) is 23.9. The first kappa shape index (κ1) is 29.3. The molecule has 0 saturated heterocycles. The van der Waals surface area contributed by atoms with Crippen molar-refractivity contribution in [3.05, 3.63) is 150 Å². The summed E-state index contributed by atoms with van der Waals surface area (Å²) in [6.45, 7) is 0. The summed E-state index contributed by atoms with van der Waals surface area (Å²) in [6, 6.07) is 33.8. The minimum atomic E-state index is -4.63. The van der Waals surface area contributed by atoms with Crippen molar-refractivity contribution in [1.82, 2.24) is 4.98 Å². The zero-order valence-corrected chi connectivity index (χ0v) is 23.9. The summed E-state index contributed by atoms with van der Waals surface area (Å²) in [5, 5.41) is 9.80. The Morgan fingerprint density at radius 1 is 0.711 bits per heavy atom. The van der Waals surface area contributed by atoms with E-state index in [9.17, 15) is 27.9 Å². The van der Waals surface area contributed by atoms with E-state index in [4.69, 9.17) is 0 Å². The van der Waals surface area contributed by atoms with Gasteiger partial charge in [0.15, 0.2) is 5.78 Å². The van der Waals surface area contributed by atoms with Crippen LogP contribution in [0.25, 0.3) is 33.2 Å². The second kappa shape index (κ2) is 11.7. The average molecular weight is 603 g/mol. The number of pyridine rings is 1. The molecule has 222 valence electrons. The van der Waals surface area contributed by atoms with Crippen LogP contribution in [0.3, 0.4) is 0 Å². The number of hydrogen-bond donors (Lipinski definition) is 1. The number of carboxylic acids is 1. The Labute approximate surface area is 256 Å². The van der Waals surface area contributed by atoms with E-state index in [1.807, 2.05) is 48.3 Å². The predicted octanol–water partition coefficient (Wildman–Crippen LogP) is 9.28. The minimum absolute atomic E-state index is 0.189. The molecule has 6 aromatic rings. The number of carbonyl (C=O) groups is 2. The Bertz CT molecular complexity index is 2060. The smallest absolute Gasteiger partial charge is 0.418 e. The van der Waals surface area contributed by atoms with Crippen LogP contribution >= 0.6 is 0 Å². The van der Waals surface area contributed by atoms with Gasteiger partial charge in [-0.2, -0.15) is 13.2 Å². The summed E-state index contributed by atoms with van der Waals surface area (Å²) in [7, 11) is 1.85. The summed E-state index contributed by atoms with van der Waals surface area (Å²) in [6.07, 6.45) is -3.40. The molecule has 0 fully saturated rings. The molecule has 1 aromatic heterocycles. The highest BCUT2D eigenvalue weighted by Crippen LogP contribution is 2.40. The van der Waals surface area contributed by atoms with Crippen LogP contribution in [-0.4, -0.2) is 28.9 Å². The molecule has 5 nitrogen and oxygen atoms in total. The molecule has 0 aliphatic heterocycles. The molecule has 45 heavy (non-hydrogen) atoms. The number of halogens is 3. The van der Waals surface area contributed by atoms with Gasteiger partial charge in [-0.3, -0.25) is 9.78 Å². The number of alkyl halides is 3. The van der Waals surface area contributed by atoms with Gasteiger partial charge >= 0.3 is 12.1 Å². The molecule has 0 radical (unpaired) electrons.